The Balaban J connectivity index is 1.47. The van der Waals surface area contributed by atoms with Crippen molar-refractivity contribution in [3.05, 3.63) is 54.4 Å². The quantitative estimate of drug-likeness (QED) is 0.844. The summed E-state index contributed by atoms with van der Waals surface area (Å²) in [5, 5.41) is 0. The lowest BCUT2D eigenvalue weighted by atomic mass is 10.1. The predicted molar refractivity (Wildman–Crippen MR) is 99.6 cm³/mol. The highest BCUT2D eigenvalue weighted by atomic mass is 15.3. The Bertz CT molecular complexity index is 652. The topological polar surface area (TPSA) is 22.6 Å². The highest BCUT2D eigenvalue weighted by Crippen LogP contribution is 2.33. The first-order chi connectivity index (χ1) is 11.9. The first-order valence-corrected chi connectivity index (χ1v) is 9.11. The summed E-state index contributed by atoms with van der Waals surface area (Å²) >= 11 is 0. The summed E-state index contributed by atoms with van der Waals surface area (Å²) in [6.07, 6.45) is 4.62. The number of pyridine rings is 1. The molecule has 0 amide bonds. The zero-order chi connectivity index (χ0) is 16.2. The van der Waals surface area contributed by atoms with Crippen LogP contribution in [0.2, 0.25) is 0 Å². The Kier molecular flexibility index (Phi) is 4.65. The smallest absolute Gasteiger partial charge is 0.0608 e. The number of likely N-dealkylation sites (tertiary alicyclic amines) is 1. The van der Waals surface area contributed by atoms with Crippen molar-refractivity contribution in [3.8, 4) is 0 Å². The minimum Gasteiger partial charge on any atom is -0.367 e. The highest BCUT2D eigenvalue weighted by Gasteiger charge is 2.23. The van der Waals surface area contributed by atoms with E-state index in [1.807, 2.05) is 12.3 Å². The summed E-state index contributed by atoms with van der Waals surface area (Å²) in [6, 6.07) is 15.0. The molecule has 4 rings (SSSR count). The molecule has 1 saturated heterocycles. The molecule has 1 aromatic heterocycles. The second kappa shape index (κ2) is 7.22. The monoisotopic (exact) mass is 322 g/mol. The van der Waals surface area contributed by atoms with Crippen molar-refractivity contribution in [3.63, 3.8) is 0 Å². The molecule has 2 aromatic rings. The van der Waals surface area contributed by atoms with Crippen LogP contribution in [0.4, 0.5) is 11.4 Å². The van der Waals surface area contributed by atoms with Crippen molar-refractivity contribution in [2.45, 2.75) is 19.4 Å². The normalized spacial score (nSPS) is 18.0. The molecule has 0 radical (unpaired) electrons. The second-order valence-corrected chi connectivity index (χ2v) is 6.77. The van der Waals surface area contributed by atoms with Gasteiger partial charge in [0.05, 0.1) is 23.6 Å². The average Bonchev–Trinajstić information content (AvgIpc) is 3.15. The molecule has 0 unspecified atom stereocenters. The third-order valence-corrected chi connectivity index (χ3v) is 5.17. The van der Waals surface area contributed by atoms with Gasteiger partial charge in [-0.05, 0) is 50.2 Å². The van der Waals surface area contributed by atoms with Gasteiger partial charge in [-0.25, -0.2) is 0 Å². The van der Waals surface area contributed by atoms with Gasteiger partial charge in [-0.2, -0.15) is 0 Å². The van der Waals surface area contributed by atoms with Gasteiger partial charge in [-0.3, -0.25) is 4.98 Å². The molecule has 1 fully saturated rings. The molecule has 2 aliphatic rings. The number of aromatic nitrogens is 1. The molecule has 126 valence electrons. The number of anilines is 2. The SMILES string of the molecule is c1ccc(CN2CCN(CCN3CCCC3)c3ccccc32)nc1. The standard InChI is InChI=1S/C20H26N4/c1-2-9-20-19(8-1)23(14-13-22-11-5-6-12-22)15-16-24(20)17-18-7-3-4-10-21-18/h1-4,7-10H,5-6,11-17H2. The first kappa shape index (κ1) is 15.5. The van der Waals surface area contributed by atoms with E-state index in [0.29, 0.717) is 0 Å². The third kappa shape index (κ3) is 3.39. The molecule has 0 bridgehead atoms. The molecule has 1 aromatic carbocycles. The van der Waals surface area contributed by atoms with Gasteiger partial charge in [0.15, 0.2) is 0 Å². The maximum atomic E-state index is 4.49. The van der Waals surface area contributed by atoms with Crippen LogP contribution < -0.4 is 9.80 Å². The van der Waals surface area contributed by atoms with Crippen LogP contribution in [-0.4, -0.2) is 49.2 Å². The van der Waals surface area contributed by atoms with Crippen molar-refractivity contribution < 1.29 is 0 Å². The maximum absolute atomic E-state index is 4.49. The molecule has 0 aliphatic carbocycles. The molecule has 0 N–H and O–H groups in total. The molecule has 24 heavy (non-hydrogen) atoms. The minimum atomic E-state index is 0.887. The van der Waals surface area contributed by atoms with Gasteiger partial charge in [-0.15, -0.1) is 0 Å². The molecule has 4 nitrogen and oxygen atoms in total. The van der Waals surface area contributed by atoms with Gasteiger partial charge in [0.25, 0.3) is 0 Å². The first-order valence-electron chi connectivity index (χ1n) is 9.11. The number of hydrogen-bond donors (Lipinski definition) is 0. The Morgan fingerprint density at radius 1 is 0.750 bits per heavy atom. The van der Waals surface area contributed by atoms with Gasteiger partial charge >= 0.3 is 0 Å². The number of fused-ring (bicyclic) bond motifs is 1. The van der Waals surface area contributed by atoms with Crippen LogP contribution in [0.1, 0.15) is 18.5 Å². The fraction of sp³-hybridized carbons (Fsp3) is 0.450. The lowest BCUT2D eigenvalue weighted by Crippen LogP contribution is -2.43. The molecular formula is C20H26N4. The molecule has 0 spiro atoms. The van der Waals surface area contributed by atoms with Crippen molar-refractivity contribution in [2.24, 2.45) is 0 Å². The fourth-order valence-corrected chi connectivity index (χ4v) is 3.83. The summed E-state index contributed by atoms with van der Waals surface area (Å²) < 4.78 is 0. The number of para-hydroxylation sites is 2. The molecule has 2 aliphatic heterocycles. The lowest BCUT2D eigenvalue weighted by Gasteiger charge is -2.39. The Labute approximate surface area is 144 Å². The van der Waals surface area contributed by atoms with Crippen LogP contribution in [0.25, 0.3) is 0 Å². The van der Waals surface area contributed by atoms with E-state index in [1.54, 1.807) is 0 Å². The zero-order valence-corrected chi connectivity index (χ0v) is 14.3. The van der Waals surface area contributed by atoms with Crippen LogP contribution in [0.15, 0.2) is 48.7 Å². The second-order valence-electron chi connectivity index (χ2n) is 6.77. The summed E-state index contributed by atoms with van der Waals surface area (Å²) in [5.74, 6) is 0. The van der Waals surface area contributed by atoms with E-state index >= 15 is 0 Å². The van der Waals surface area contributed by atoms with Crippen molar-refractivity contribution >= 4 is 11.4 Å². The predicted octanol–water partition coefficient (Wildman–Crippen LogP) is 3.00. The molecule has 0 atom stereocenters. The average molecular weight is 322 g/mol. The van der Waals surface area contributed by atoms with Gasteiger partial charge in [0.1, 0.15) is 0 Å². The van der Waals surface area contributed by atoms with E-state index in [4.69, 9.17) is 0 Å². The number of nitrogens with zero attached hydrogens (tertiary/aromatic N) is 4. The zero-order valence-electron chi connectivity index (χ0n) is 14.3. The molecular weight excluding hydrogens is 296 g/mol. The number of rotatable bonds is 5. The van der Waals surface area contributed by atoms with E-state index in [-0.39, 0.29) is 0 Å². The number of benzene rings is 1. The van der Waals surface area contributed by atoms with Crippen LogP contribution >= 0.6 is 0 Å². The largest absolute Gasteiger partial charge is 0.367 e. The summed E-state index contributed by atoms with van der Waals surface area (Å²) in [5.41, 5.74) is 3.85. The van der Waals surface area contributed by atoms with Gasteiger partial charge in [0, 0.05) is 32.4 Å². The van der Waals surface area contributed by atoms with E-state index in [2.05, 4.69) is 56.1 Å². The summed E-state index contributed by atoms with van der Waals surface area (Å²) in [7, 11) is 0. The van der Waals surface area contributed by atoms with Crippen LogP contribution in [0.5, 0.6) is 0 Å². The summed E-state index contributed by atoms with van der Waals surface area (Å²) in [6.45, 7) is 7.93. The fourth-order valence-electron chi connectivity index (χ4n) is 3.83. The van der Waals surface area contributed by atoms with Crippen LogP contribution in [0.3, 0.4) is 0 Å². The molecule has 3 heterocycles. The minimum absolute atomic E-state index is 0.887. The van der Waals surface area contributed by atoms with Gasteiger partial charge in [-0.1, -0.05) is 18.2 Å². The van der Waals surface area contributed by atoms with E-state index in [1.165, 1.54) is 43.9 Å². The Hall–Kier alpha value is -2.07. The van der Waals surface area contributed by atoms with Crippen LogP contribution in [-0.2, 0) is 6.54 Å². The molecule has 4 heteroatoms. The van der Waals surface area contributed by atoms with Gasteiger partial charge in [0.2, 0.25) is 0 Å². The summed E-state index contributed by atoms with van der Waals surface area (Å²) in [4.78, 5) is 12.1. The highest BCUT2D eigenvalue weighted by molar-refractivity contribution is 5.73. The molecule has 0 saturated carbocycles. The Morgan fingerprint density at radius 2 is 1.46 bits per heavy atom. The maximum Gasteiger partial charge on any atom is 0.0608 e. The van der Waals surface area contributed by atoms with E-state index < -0.39 is 0 Å². The van der Waals surface area contributed by atoms with E-state index in [0.717, 1.165) is 31.9 Å². The van der Waals surface area contributed by atoms with Gasteiger partial charge < -0.3 is 14.7 Å². The van der Waals surface area contributed by atoms with Crippen molar-refractivity contribution in [1.29, 1.82) is 0 Å². The van der Waals surface area contributed by atoms with Crippen LogP contribution in [0, 0.1) is 0 Å². The van der Waals surface area contributed by atoms with Crippen molar-refractivity contribution in [1.82, 2.24) is 9.88 Å². The number of hydrogen-bond acceptors (Lipinski definition) is 4. The Morgan fingerprint density at radius 3 is 2.21 bits per heavy atom. The van der Waals surface area contributed by atoms with E-state index in [9.17, 15) is 0 Å². The lowest BCUT2D eigenvalue weighted by molar-refractivity contribution is 0.344. The van der Waals surface area contributed by atoms with Crippen molar-refractivity contribution in [2.75, 3.05) is 49.1 Å². The third-order valence-electron chi connectivity index (χ3n) is 5.17.